The minimum atomic E-state index is -0.601. The predicted molar refractivity (Wildman–Crippen MR) is 76.4 cm³/mol. The highest BCUT2D eigenvalue weighted by atomic mass is 79.9. The van der Waals surface area contributed by atoms with E-state index in [1.54, 1.807) is 31.3 Å². The van der Waals surface area contributed by atoms with Crippen molar-refractivity contribution in [2.75, 3.05) is 7.05 Å². The van der Waals surface area contributed by atoms with Crippen molar-refractivity contribution in [2.24, 2.45) is 0 Å². The zero-order valence-corrected chi connectivity index (χ0v) is 12.4. The van der Waals surface area contributed by atoms with E-state index in [2.05, 4.69) is 21.2 Å². The van der Waals surface area contributed by atoms with Crippen LogP contribution in [0.25, 0.3) is 0 Å². The average Bonchev–Trinajstić information content (AvgIpc) is 2.39. The molecule has 2 rings (SSSR count). The Balaban J connectivity index is 2.56. The molecule has 1 unspecified atom stereocenters. The molecule has 0 aliphatic heterocycles. The summed E-state index contributed by atoms with van der Waals surface area (Å²) >= 11 is 9.05. The van der Waals surface area contributed by atoms with Gasteiger partial charge in [0.2, 0.25) is 0 Å². The van der Waals surface area contributed by atoms with Gasteiger partial charge in [0.05, 0.1) is 11.1 Å². The van der Waals surface area contributed by atoms with Gasteiger partial charge in [-0.25, -0.2) is 8.78 Å². The molecule has 19 heavy (non-hydrogen) atoms. The minimum absolute atomic E-state index is 0.0214. The summed E-state index contributed by atoms with van der Waals surface area (Å²) in [5.74, 6) is -0.940. The van der Waals surface area contributed by atoms with Gasteiger partial charge in [-0.3, -0.25) is 0 Å². The molecule has 0 fully saturated rings. The number of hydrogen-bond donors (Lipinski definition) is 1. The quantitative estimate of drug-likeness (QED) is 0.850. The van der Waals surface area contributed by atoms with Gasteiger partial charge in [0.15, 0.2) is 0 Å². The van der Waals surface area contributed by atoms with E-state index >= 15 is 0 Å². The van der Waals surface area contributed by atoms with Crippen molar-refractivity contribution in [3.05, 3.63) is 68.7 Å². The van der Waals surface area contributed by atoms with Crippen LogP contribution in [0.2, 0.25) is 5.02 Å². The fourth-order valence-electron chi connectivity index (χ4n) is 1.96. The highest BCUT2D eigenvalue weighted by molar-refractivity contribution is 9.10. The first-order valence-corrected chi connectivity index (χ1v) is 6.77. The van der Waals surface area contributed by atoms with Crippen LogP contribution >= 0.6 is 27.5 Å². The summed E-state index contributed by atoms with van der Waals surface area (Å²) in [6, 6.07) is 8.65. The molecular weight excluding hydrogens is 336 g/mol. The van der Waals surface area contributed by atoms with Gasteiger partial charge in [0.1, 0.15) is 11.6 Å². The van der Waals surface area contributed by atoms with E-state index in [4.69, 9.17) is 11.6 Å². The van der Waals surface area contributed by atoms with Gasteiger partial charge >= 0.3 is 0 Å². The second-order valence-corrected chi connectivity index (χ2v) is 5.35. The van der Waals surface area contributed by atoms with Gasteiger partial charge < -0.3 is 5.32 Å². The van der Waals surface area contributed by atoms with E-state index in [0.717, 1.165) is 4.47 Å². The van der Waals surface area contributed by atoms with Crippen molar-refractivity contribution in [3.63, 3.8) is 0 Å². The van der Waals surface area contributed by atoms with Crippen LogP contribution in [0.4, 0.5) is 8.78 Å². The van der Waals surface area contributed by atoms with Crippen LogP contribution in [0, 0.1) is 11.6 Å². The number of rotatable bonds is 3. The van der Waals surface area contributed by atoms with Gasteiger partial charge in [-0.15, -0.1) is 0 Å². The Hall–Kier alpha value is -0.970. The lowest BCUT2D eigenvalue weighted by atomic mass is 9.98. The lowest BCUT2D eigenvalue weighted by molar-refractivity contribution is 0.547. The van der Waals surface area contributed by atoms with Gasteiger partial charge in [-0.1, -0.05) is 39.7 Å². The lowest BCUT2D eigenvalue weighted by Crippen LogP contribution is -2.20. The van der Waals surface area contributed by atoms with Crippen LogP contribution in [0.3, 0.4) is 0 Å². The Morgan fingerprint density at radius 1 is 1.16 bits per heavy atom. The SMILES string of the molecule is CNC(c1cc(Br)ccc1F)c1cccc(Cl)c1F. The first kappa shape index (κ1) is 14.4. The summed E-state index contributed by atoms with van der Waals surface area (Å²) in [6.45, 7) is 0. The van der Waals surface area contributed by atoms with Gasteiger partial charge in [0.25, 0.3) is 0 Å². The molecule has 1 N–H and O–H groups in total. The summed E-state index contributed by atoms with van der Waals surface area (Å²) in [5, 5.41) is 2.93. The molecule has 0 saturated heterocycles. The van der Waals surface area contributed by atoms with Crippen molar-refractivity contribution in [1.82, 2.24) is 5.32 Å². The van der Waals surface area contributed by atoms with Gasteiger partial charge in [-0.05, 0) is 31.3 Å². The Kier molecular flexibility index (Phi) is 4.55. The molecule has 0 aromatic heterocycles. The zero-order chi connectivity index (χ0) is 14.0. The van der Waals surface area contributed by atoms with Crippen LogP contribution < -0.4 is 5.32 Å². The van der Waals surface area contributed by atoms with E-state index in [1.807, 2.05) is 0 Å². The van der Waals surface area contributed by atoms with Gasteiger partial charge in [-0.2, -0.15) is 0 Å². The van der Waals surface area contributed by atoms with Crippen molar-refractivity contribution in [2.45, 2.75) is 6.04 Å². The topological polar surface area (TPSA) is 12.0 Å². The third-order valence-corrected chi connectivity index (χ3v) is 3.64. The second-order valence-electron chi connectivity index (χ2n) is 4.03. The average molecular weight is 347 g/mol. The third kappa shape index (κ3) is 2.96. The molecular formula is C14H11BrClF2N. The van der Waals surface area contributed by atoms with Crippen LogP contribution in [0.15, 0.2) is 40.9 Å². The smallest absolute Gasteiger partial charge is 0.146 e. The normalized spacial score (nSPS) is 12.5. The number of halogens is 4. The van der Waals surface area contributed by atoms with E-state index in [1.165, 1.54) is 12.1 Å². The maximum atomic E-state index is 14.1. The summed E-state index contributed by atoms with van der Waals surface area (Å²) < 4.78 is 28.7. The summed E-state index contributed by atoms with van der Waals surface area (Å²) in [4.78, 5) is 0. The van der Waals surface area contributed by atoms with Crippen molar-refractivity contribution in [1.29, 1.82) is 0 Å². The molecule has 1 atom stereocenters. The number of nitrogens with one attached hydrogen (secondary N) is 1. The minimum Gasteiger partial charge on any atom is -0.309 e. The molecule has 0 heterocycles. The fraction of sp³-hybridized carbons (Fsp3) is 0.143. The van der Waals surface area contributed by atoms with Crippen LogP contribution in [-0.2, 0) is 0 Å². The highest BCUT2D eigenvalue weighted by Crippen LogP contribution is 2.30. The molecule has 0 saturated carbocycles. The molecule has 0 spiro atoms. The molecule has 0 radical (unpaired) electrons. The zero-order valence-electron chi connectivity index (χ0n) is 10.1. The molecule has 0 bridgehead atoms. The largest absolute Gasteiger partial charge is 0.309 e. The van der Waals surface area contributed by atoms with Crippen molar-refractivity contribution in [3.8, 4) is 0 Å². The Morgan fingerprint density at radius 2 is 1.89 bits per heavy atom. The molecule has 1 nitrogen and oxygen atoms in total. The molecule has 0 aliphatic rings. The van der Waals surface area contributed by atoms with E-state index in [0.29, 0.717) is 11.1 Å². The van der Waals surface area contributed by atoms with E-state index in [-0.39, 0.29) is 5.02 Å². The Labute approximate surface area is 123 Å². The number of benzene rings is 2. The highest BCUT2D eigenvalue weighted by Gasteiger charge is 2.21. The van der Waals surface area contributed by atoms with Crippen LogP contribution in [0.1, 0.15) is 17.2 Å². The summed E-state index contributed by atoms with van der Waals surface area (Å²) in [5.41, 5.74) is 0.671. The molecule has 0 amide bonds. The fourth-order valence-corrected chi connectivity index (χ4v) is 2.52. The predicted octanol–water partition coefficient (Wildman–Crippen LogP) is 4.69. The first-order chi connectivity index (χ1) is 9.04. The molecule has 0 aliphatic carbocycles. The van der Waals surface area contributed by atoms with E-state index < -0.39 is 17.7 Å². The standard InChI is InChI=1S/C14H11BrClF2N/c1-19-14(9-3-2-4-11(16)13(9)18)10-7-8(15)5-6-12(10)17/h2-7,14,19H,1H3. The van der Waals surface area contributed by atoms with Gasteiger partial charge in [0, 0.05) is 15.6 Å². The summed E-state index contributed by atoms with van der Waals surface area (Å²) in [6.07, 6.45) is 0. The Bertz CT molecular complexity index is 602. The maximum Gasteiger partial charge on any atom is 0.146 e. The molecule has 2 aromatic rings. The van der Waals surface area contributed by atoms with E-state index in [9.17, 15) is 8.78 Å². The van der Waals surface area contributed by atoms with Crippen LogP contribution in [0.5, 0.6) is 0 Å². The molecule has 5 heteroatoms. The number of hydrogen-bond acceptors (Lipinski definition) is 1. The van der Waals surface area contributed by atoms with Crippen LogP contribution in [-0.4, -0.2) is 7.05 Å². The second kappa shape index (κ2) is 5.99. The first-order valence-electron chi connectivity index (χ1n) is 5.60. The third-order valence-electron chi connectivity index (χ3n) is 2.85. The molecule has 100 valence electrons. The maximum absolute atomic E-state index is 14.1. The Morgan fingerprint density at radius 3 is 2.58 bits per heavy atom. The monoisotopic (exact) mass is 345 g/mol. The lowest BCUT2D eigenvalue weighted by Gasteiger charge is -2.19. The van der Waals surface area contributed by atoms with Crippen molar-refractivity contribution >= 4 is 27.5 Å². The summed E-state index contributed by atoms with van der Waals surface area (Å²) in [7, 11) is 1.64. The van der Waals surface area contributed by atoms with Crippen molar-refractivity contribution < 1.29 is 8.78 Å². The molecule has 2 aromatic carbocycles.